The van der Waals surface area contributed by atoms with Crippen LogP contribution in [0.4, 0.5) is 13.2 Å². The van der Waals surface area contributed by atoms with Gasteiger partial charge in [-0.25, -0.2) is 4.68 Å². The van der Waals surface area contributed by atoms with Gasteiger partial charge >= 0.3 is 6.18 Å². The summed E-state index contributed by atoms with van der Waals surface area (Å²) in [6.45, 7) is 4.84. The molecule has 1 saturated carbocycles. The number of alkyl halides is 3. The monoisotopic (exact) mass is 379 g/mol. The van der Waals surface area contributed by atoms with E-state index in [-0.39, 0.29) is 11.8 Å². The average Bonchev–Trinajstić information content (AvgIpc) is 3.35. The van der Waals surface area contributed by atoms with E-state index < -0.39 is 11.7 Å². The number of nitrogens with one attached hydrogen (secondary N) is 1. The first-order valence-corrected chi connectivity index (χ1v) is 9.31. The largest absolute Gasteiger partial charge is 0.416 e. The van der Waals surface area contributed by atoms with E-state index in [0.717, 1.165) is 37.8 Å². The molecule has 0 unspecified atom stereocenters. The van der Waals surface area contributed by atoms with Gasteiger partial charge in [0.25, 0.3) is 5.91 Å². The van der Waals surface area contributed by atoms with Gasteiger partial charge in [0.15, 0.2) is 0 Å². The molecule has 0 saturated heterocycles. The van der Waals surface area contributed by atoms with E-state index in [0.29, 0.717) is 29.4 Å². The van der Waals surface area contributed by atoms with Crippen LogP contribution in [0.25, 0.3) is 5.69 Å². The van der Waals surface area contributed by atoms with Crippen LogP contribution in [0.5, 0.6) is 0 Å². The number of amides is 1. The molecule has 1 aliphatic carbocycles. The number of carbonyl (C=O) groups excluding carboxylic acids is 1. The van der Waals surface area contributed by atoms with Crippen molar-refractivity contribution in [1.82, 2.24) is 15.1 Å². The number of carbonyl (C=O) groups is 1. The Hall–Kier alpha value is -2.31. The normalized spacial score (nSPS) is 14.6. The second-order valence-corrected chi connectivity index (χ2v) is 7.47. The maximum atomic E-state index is 13.0. The Kier molecular flexibility index (Phi) is 5.58. The van der Waals surface area contributed by atoms with Crippen molar-refractivity contribution >= 4 is 5.91 Å². The highest BCUT2D eigenvalue weighted by molar-refractivity contribution is 5.95. The summed E-state index contributed by atoms with van der Waals surface area (Å²) < 4.78 is 40.6. The van der Waals surface area contributed by atoms with Crippen molar-refractivity contribution in [2.24, 2.45) is 5.92 Å². The first-order chi connectivity index (χ1) is 12.8. The standard InChI is InChI=1S/C20H24F3N3O/c1-13(2)5-4-10-24-19(27)17-12-25-26(18(17)14-8-9-14)16-7-3-6-15(11-16)20(21,22)23/h3,6-7,11-14H,4-5,8-10H2,1-2H3,(H,24,27). The Morgan fingerprint density at radius 1 is 1.33 bits per heavy atom. The number of hydrogen-bond acceptors (Lipinski definition) is 2. The van der Waals surface area contributed by atoms with Gasteiger partial charge in [0.05, 0.1) is 28.7 Å². The number of nitrogens with zero attached hydrogens (tertiary/aromatic N) is 2. The molecule has 146 valence electrons. The van der Waals surface area contributed by atoms with E-state index >= 15 is 0 Å². The Bertz CT molecular complexity index is 807. The van der Waals surface area contributed by atoms with Crippen molar-refractivity contribution in [2.45, 2.75) is 51.6 Å². The lowest BCUT2D eigenvalue weighted by Gasteiger charge is -2.12. The molecule has 1 N–H and O–H groups in total. The zero-order chi connectivity index (χ0) is 19.6. The van der Waals surface area contributed by atoms with Crippen molar-refractivity contribution < 1.29 is 18.0 Å². The zero-order valence-corrected chi connectivity index (χ0v) is 15.5. The molecule has 1 aliphatic rings. The van der Waals surface area contributed by atoms with E-state index in [9.17, 15) is 18.0 Å². The zero-order valence-electron chi connectivity index (χ0n) is 15.5. The molecule has 27 heavy (non-hydrogen) atoms. The summed E-state index contributed by atoms with van der Waals surface area (Å²) in [5.74, 6) is 0.532. The highest BCUT2D eigenvalue weighted by Crippen LogP contribution is 2.42. The highest BCUT2D eigenvalue weighted by atomic mass is 19.4. The van der Waals surface area contributed by atoms with Crippen LogP contribution in [0.15, 0.2) is 30.5 Å². The minimum Gasteiger partial charge on any atom is -0.352 e. The summed E-state index contributed by atoms with van der Waals surface area (Å²) in [5.41, 5.74) is 0.762. The van der Waals surface area contributed by atoms with Gasteiger partial charge in [0, 0.05) is 12.5 Å². The van der Waals surface area contributed by atoms with Crippen molar-refractivity contribution in [3.8, 4) is 5.69 Å². The average molecular weight is 379 g/mol. The Balaban J connectivity index is 1.83. The van der Waals surface area contributed by atoms with Crippen molar-refractivity contribution in [1.29, 1.82) is 0 Å². The summed E-state index contributed by atoms with van der Waals surface area (Å²) in [6.07, 6.45) is 0.797. The third-order valence-electron chi connectivity index (χ3n) is 4.68. The smallest absolute Gasteiger partial charge is 0.352 e. The molecular weight excluding hydrogens is 355 g/mol. The van der Waals surface area contributed by atoms with Crippen LogP contribution >= 0.6 is 0 Å². The van der Waals surface area contributed by atoms with Crippen LogP contribution < -0.4 is 5.32 Å². The molecule has 4 nitrogen and oxygen atoms in total. The second-order valence-electron chi connectivity index (χ2n) is 7.47. The van der Waals surface area contributed by atoms with Crippen LogP contribution in [-0.4, -0.2) is 22.2 Å². The quantitative estimate of drug-likeness (QED) is 0.693. The molecule has 0 bridgehead atoms. The highest BCUT2D eigenvalue weighted by Gasteiger charge is 2.34. The maximum absolute atomic E-state index is 13.0. The van der Waals surface area contributed by atoms with E-state index in [2.05, 4.69) is 24.3 Å². The van der Waals surface area contributed by atoms with Crippen molar-refractivity contribution in [3.05, 3.63) is 47.3 Å². The van der Waals surface area contributed by atoms with E-state index in [1.807, 2.05) is 0 Å². The molecule has 1 aromatic heterocycles. The number of rotatable bonds is 7. The van der Waals surface area contributed by atoms with E-state index in [4.69, 9.17) is 0 Å². The molecule has 1 aromatic carbocycles. The van der Waals surface area contributed by atoms with Gasteiger partial charge in [-0.15, -0.1) is 0 Å². The number of benzene rings is 1. The third-order valence-corrected chi connectivity index (χ3v) is 4.68. The van der Waals surface area contributed by atoms with E-state index in [1.54, 1.807) is 6.07 Å². The van der Waals surface area contributed by atoms with Gasteiger partial charge in [-0.3, -0.25) is 4.79 Å². The number of halogens is 3. The SMILES string of the molecule is CC(C)CCCNC(=O)c1cnn(-c2cccc(C(F)(F)F)c2)c1C1CC1. The predicted octanol–water partition coefficient (Wildman–Crippen LogP) is 4.93. The molecule has 1 heterocycles. The van der Waals surface area contributed by atoms with E-state index in [1.165, 1.54) is 16.9 Å². The molecule has 0 radical (unpaired) electrons. The van der Waals surface area contributed by atoms with Gasteiger partial charge in [0.1, 0.15) is 0 Å². The van der Waals surface area contributed by atoms with Gasteiger partial charge in [-0.05, 0) is 49.8 Å². The fourth-order valence-electron chi connectivity index (χ4n) is 3.11. The summed E-state index contributed by atoms with van der Waals surface area (Å²) in [6, 6.07) is 5.05. The molecule has 0 spiro atoms. The number of hydrogen-bond donors (Lipinski definition) is 1. The molecule has 1 fully saturated rings. The molecule has 3 rings (SSSR count). The van der Waals surface area contributed by atoms with Gasteiger partial charge in [-0.1, -0.05) is 19.9 Å². The van der Waals surface area contributed by atoms with Gasteiger partial charge in [0.2, 0.25) is 0 Å². The molecule has 1 amide bonds. The fourth-order valence-corrected chi connectivity index (χ4v) is 3.11. The first kappa shape index (κ1) is 19.5. The van der Waals surface area contributed by atoms with Gasteiger partial charge < -0.3 is 5.32 Å². The lowest BCUT2D eigenvalue weighted by atomic mass is 10.1. The lowest BCUT2D eigenvalue weighted by Crippen LogP contribution is -2.25. The summed E-state index contributed by atoms with van der Waals surface area (Å²) in [5, 5.41) is 7.14. The summed E-state index contributed by atoms with van der Waals surface area (Å²) >= 11 is 0. The minimum absolute atomic E-state index is 0.165. The van der Waals surface area contributed by atoms with Crippen LogP contribution in [0.2, 0.25) is 0 Å². The van der Waals surface area contributed by atoms with Crippen LogP contribution in [-0.2, 0) is 6.18 Å². The number of aromatic nitrogens is 2. The fraction of sp³-hybridized carbons (Fsp3) is 0.500. The Morgan fingerprint density at radius 3 is 2.70 bits per heavy atom. The van der Waals surface area contributed by atoms with Crippen LogP contribution in [0, 0.1) is 5.92 Å². The van der Waals surface area contributed by atoms with Crippen molar-refractivity contribution in [3.63, 3.8) is 0 Å². The van der Waals surface area contributed by atoms with Crippen molar-refractivity contribution in [2.75, 3.05) is 6.54 Å². The predicted molar refractivity (Wildman–Crippen MR) is 96.9 cm³/mol. The molecule has 0 atom stereocenters. The van der Waals surface area contributed by atoms with Crippen LogP contribution in [0.3, 0.4) is 0 Å². The maximum Gasteiger partial charge on any atom is 0.416 e. The second kappa shape index (κ2) is 7.74. The molecule has 7 heteroatoms. The first-order valence-electron chi connectivity index (χ1n) is 9.31. The molecule has 2 aromatic rings. The minimum atomic E-state index is -4.42. The molecular formula is C20H24F3N3O. The summed E-state index contributed by atoms with van der Waals surface area (Å²) in [4.78, 5) is 12.6. The third kappa shape index (κ3) is 4.70. The summed E-state index contributed by atoms with van der Waals surface area (Å²) in [7, 11) is 0. The Labute approximate surface area is 156 Å². The van der Waals surface area contributed by atoms with Gasteiger partial charge in [-0.2, -0.15) is 18.3 Å². The molecule has 0 aliphatic heterocycles. The topological polar surface area (TPSA) is 46.9 Å². The Morgan fingerprint density at radius 2 is 2.07 bits per heavy atom. The van der Waals surface area contributed by atoms with Crippen LogP contribution in [0.1, 0.15) is 67.1 Å². The lowest BCUT2D eigenvalue weighted by molar-refractivity contribution is -0.137.